The van der Waals surface area contributed by atoms with Gasteiger partial charge in [0, 0.05) is 61.8 Å². The van der Waals surface area contributed by atoms with Gasteiger partial charge in [0.1, 0.15) is 23.3 Å². The fourth-order valence-electron chi connectivity index (χ4n) is 4.83. The number of hydrogen-bond acceptors (Lipinski definition) is 7. The zero-order chi connectivity index (χ0) is 27.7. The summed E-state index contributed by atoms with van der Waals surface area (Å²) < 4.78 is 5.53. The van der Waals surface area contributed by atoms with Gasteiger partial charge in [0.2, 0.25) is 0 Å². The first-order chi connectivity index (χ1) is 18.6. The number of nitrogens with zero attached hydrogens (tertiary/aromatic N) is 6. The Morgan fingerprint density at radius 2 is 1.87 bits per heavy atom. The molecule has 1 unspecified atom stereocenters. The second kappa shape index (κ2) is 10.9. The molecule has 1 aliphatic heterocycles. The zero-order valence-electron chi connectivity index (χ0n) is 23.0. The van der Waals surface area contributed by atoms with Gasteiger partial charge in [-0.15, -0.1) is 0 Å². The topological polar surface area (TPSA) is 100 Å². The summed E-state index contributed by atoms with van der Waals surface area (Å²) in [6, 6.07) is 10.2. The average Bonchev–Trinajstić information content (AvgIpc) is 3.31. The van der Waals surface area contributed by atoms with Crippen molar-refractivity contribution in [1.82, 2.24) is 34.7 Å². The molecular weight excluding hydrogens is 514 g/mol. The monoisotopic (exact) mass is 547 g/mol. The zero-order valence-corrected chi connectivity index (χ0v) is 23.8. The van der Waals surface area contributed by atoms with E-state index in [-0.39, 0.29) is 12.1 Å². The summed E-state index contributed by atoms with van der Waals surface area (Å²) in [6.07, 6.45) is 3.71. The Kier molecular flexibility index (Phi) is 7.55. The third kappa shape index (κ3) is 6.20. The highest BCUT2D eigenvalue weighted by Crippen LogP contribution is 2.33. The maximum Gasteiger partial charge on any atom is 0.410 e. The molecule has 0 spiro atoms. The number of fused-ring (bicyclic) bond motifs is 1. The molecule has 1 aliphatic rings. The van der Waals surface area contributed by atoms with E-state index in [2.05, 4.69) is 43.9 Å². The van der Waals surface area contributed by atoms with Gasteiger partial charge >= 0.3 is 6.09 Å². The number of imidazole rings is 1. The number of rotatable bonds is 5. The van der Waals surface area contributed by atoms with Gasteiger partial charge in [-0.25, -0.2) is 19.7 Å². The van der Waals surface area contributed by atoms with Crippen molar-refractivity contribution in [2.75, 3.05) is 26.2 Å². The molecule has 1 saturated heterocycles. The third-order valence-corrected chi connectivity index (χ3v) is 7.29. The average molecular weight is 548 g/mol. The number of pyridine rings is 1. The Hall–Kier alpha value is -3.56. The lowest BCUT2D eigenvalue weighted by atomic mass is 10.1. The molecule has 39 heavy (non-hydrogen) atoms. The second-order valence-corrected chi connectivity index (χ2v) is 11.4. The smallest absolute Gasteiger partial charge is 0.410 e. The lowest BCUT2D eigenvalue weighted by Crippen LogP contribution is -2.50. The summed E-state index contributed by atoms with van der Waals surface area (Å²) in [5, 5.41) is 0.564. The van der Waals surface area contributed by atoms with Gasteiger partial charge in [0.05, 0.1) is 16.2 Å². The van der Waals surface area contributed by atoms with Gasteiger partial charge in [-0.2, -0.15) is 0 Å². The van der Waals surface area contributed by atoms with Crippen molar-refractivity contribution in [3.63, 3.8) is 0 Å². The molecule has 204 valence electrons. The van der Waals surface area contributed by atoms with Crippen molar-refractivity contribution in [2.45, 2.75) is 52.7 Å². The van der Waals surface area contributed by atoms with E-state index in [1.54, 1.807) is 11.2 Å². The van der Waals surface area contributed by atoms with Crippen LogP contribution in [0.1, 0.15) is 56.5 Å². The lowest BCUT2D eigenvalue weighted by Gasteiger charge is -2.38. The Balaban J connectivity index is 1.27. The molecule has 1 amide bonds. The van der Waals surface area contributed by atoms with Gasteiger partial charge in [-0.05, 0) is 70.5 Å². The number of hydrogen-bond donors (Lipinski definition) is 1. The van der Waals surface area contributed by atoms with Crippen LogP contribution in [0.15, 0.2) is 42.9 Å². The number of benzene rings is 1. The predicted octanol–water partition coefficient (Wildman–Crippen LogP) is 5.58. The summed E-state index contributed by atoms with van der Waals surface area (Å²) in [5.41, 5.74) is 5.68. The number of aryl methyl sites for hydroxylation is 1. The molecule has 10 heteroatoms. The van der Waals surface area contributed by atoms with Crippen LogP contribution in [0.2, 0.25) is 5.02 Å². The van der Waals surface area contributed by atoms with Crippen LogP contribution in [-0.4, -0.2) is 72.6 Å². The second-order valence-electron chi connectivity index (χ2n) is 11.0. The molecule has 4 aromatic rings. The van der Waals surface area contributed by atoms with Crippen molar-refractivity contribution in [3.05, 3.63) is 70.7 Å². The summed E-state index contributed by atoms with van der Waals surface area (Å²) in [5.74, 6) is 0.797. The van der Waals surface area contributed by atoms with Crippen molar-refractivity contribution in [1.29, 1.82) is 0 Å². The minimum absolute atomic E-state index is 0.191. The molecule has 1 N–H and O–H groups in total. The van der Waals surface area contributed by atoms with Gasteiger partial charge in [-0.3, -0.25) is 9.88 Å². The van der Waals surface area contributed by atoms with Crippen LogP contribution in [0, 0.1) is 6.92 Å². The molecule has 1 fully saturated rings. The maximum atomic E-state index is 12.4. The van der Waals surface area contributed by atoms with Crippen LogP contribution in [-0.2, 0) is 11.2 Å². The fourth-order valence-corrected chi connectivity index (χ4v) is 5.13. The van der Waals surface area contributed by atoms with E-state index in [4.69, 9.17) is 21.3 Å². The Labute approximate surface area is 233 Å². The van der Waals surface area contributed by atoms with E-state index in [0.717, 1.165) is 47.1 Å². The van der Waals surface area contributed by atoms with Crippen molar-refractivity contribution in [2.24, 2.45) is 0 Å². The highest BCUT2D eigenvalue weighted by Gasteiger charge is 2.28. The quantitative estimate of drug-likeness (QED) is 0.348. The van der Waals surface area contributed by atoms with Crippen molar-refractivity contribution < 1.29 is 9.53 Å². The van der Waals surface area contributed by atoms with Crippen LogP contribution in [0.4, 0.5) is 4.79 Å². The summed E-state index contributed by atoms with van der Waals surface area (Å²) in [6.45, 7) is 12.7. The number of carbonyl (C=O) groups is 1. The number of carbonyl (C=O) groups excluding carboxylic acids is 1. The SMILES string of the molecule is Cc1cc(-c2ccc3[nH]c(Cc4cc(C(C)N5CCN(C(=O)OC(C)(C)C)CC5)ccn4)nc3c2Cl)ncn1. The van der Waals surface area contributed by atoms with Crippen LogP contribution < -0.4 is 0 Å². The Bertz CT molecular complexity index is 1490. The molecule has 0 saturated carbocycles. The van der Waals surface area contributed by atoms with Crippen LogP contribution in [0.25, 0.3) is 22.3 Å². The molecule has 0 bridgehead atoms. The van der Waals surface area contributed by atoms with Gasteiger partial charge in [-0.1, -0.05) is 11.6 Å². The minimum Gasteiger partial charge on any atom is -0.444 e. The molecule has 4 heterocycles. The van der Waals surface area contributed by atoms with Gasteiger partial charge < -0.3 is 14.6 Å². The first-order valence-corrected chi connectivity index (χ1v) is 13.6. The highest BCUT2D eigenvalue weighted by molar-refractivity contribution is 6.37. The minimum atomic E-state index is -0.488. The molecule has 9 nitrogen and oxygen atoms in total. The largest absolute Gasteiger partial charge is 0.444 e. The number of amides is 1. The Morgan fingerprint density at radius 1 is 1.10 bits per heavy atom. The van der Waals surface area contributed by atoms with E-state index in [9.17, 15) is 4.79 Å². The molecule has 0 radical (unpaired) electrons. The maximum absolute atomic E-state index is 12.4. The molecule has 5 rings (SSSR count). The van der Waals surface area contributed by atoms with Crippen LogP contribution in [0.3, 0.4) is 0 Å². The van der Waals surface area contributed by atoms with E-state index in [1.165, 1.54) is 5.56 Å². The van der Waals surface area contributed by atoms with Gasteiger partial charge in [0.25, 0.3) is 0 Å². The van der Waals surface area contributed by atoms with E-state index >= 15 is 0 Å². The van der Waals surface area contributed by atoms with Crippen molar-refractivity contribution >= 4 is 28.7 Å². The first-order valence-electron chi connectivity index (χ1n) is 13.2. The highest BCUT2D eigenvalue weighted by atomic mass is 35.5. The number of piperazine rings is 1. The number of ether oxygens (including phenoxy) is 1. The predicted molar refractivity (Wildman–Crippen MR) is 152 cm³/mol. The molecule has 1 aromatic carbocycles. The normalized spacial score (nSPS) is 15.5. The first kappa shape index (κ1) is 27.0. The molecule has 1 atom stereocenters. The number of nitrogens with one attached hydrogen (secondary N) is 1. The number of aromatic amines is 1. The van der Waals surface area contributed by atoms with E-state index < -0.39 is 5.60 Å². The third-order valence-electron chi connectivity index (χ3n) is 6.91. The summed E-state index contributed by atoms with van der Waals surface area (Å²) >= 11 is 6.76. The van der Waals surface area contributed by atoms with E-state index in [0.29, 0.717) is 30.0 Å². The number of H-pyrrole nitrogens is 1. The summed E-state index contributed by atoms with van der Waals surface area (Å²) in [7, 11) is 0. The Morgan fingerprint density at radius 3 is 2.59 bits per heavy atom. The molecular formula is C29H34ClN7O2. The number of aromatic nitrogens is 5. The fraction of sp³-hybridized carbons (Fsp3) is 0.414. The van der Waals surface area contributed by atoms with Crippen LogP contribution in [0.5, 0.6) is 0 Å². The lowest BCUT2D eigenvalue weighted by molar-refractivity contribution is 0.0110. The van der Waals surface area contributed by atoms with E-state index in [1.807, 2.05) is 52.1 Å². The molecule has 0 aliphatic carbocycles. The van der Waals surface area contributed by atoms with Crippen molar-refractivity contribution in [3.8, 4) is 11.3 Å². The standard InChI is InChI=1S/C29H34ClN7O2/c1-18-14-24(33-17-32-18)22-6-7-23-27(26(22)30)35-25(34-23)16-21-15-20(8-9-31-21)19(2)36-10-12-37(13-11-36)28(38)39-29(3,4)5/h6-9,14-15,17,19H,10-13,16H2,1-5H3,(H,34,35). The van der Waals surface area contributed by atoms with Gasteiger partial charge in [0.15, 0.2) is 0 Å². The molecule has 3 aromatic heterocycles. The number of halogens is 1. The summed E-state index contributed by atoms with van der Waals surface area (Å²) in [4.78, 5) is 37.9. The van der Waals surface area contributed by atoms with Crippen LogP contribution >= 0.6 is 11.6 Å².